The van der Waals surface area contributed by atoms with E-state index in [0.29, 0.717) is 5.56 Å². The van der Waals surface area contributed by atoms with Gasteiger partial charge in [0.15, 0.2) is 5.78 Å². The van der Waals surface area contributed by atoms with Crippen molar-refractivity contribution in [2.45, 2.75) is 39.2 Å². The van der Waals surface area contributed by atoms with Crippen molar-refractivity contribution >= 4 is 23.5 Å². The van der Waals surface area contributed by atoms with Gasteiger partial charge in [0.05, 0.1) is 0 Å². The molecule has 0 bridgehead atoms. The summed E-state index contributed by atoms with van der Waals surface area (Å²) in [5.41, 5.74) is 12.4. The molecule has 0 spiro atoms. The smallest absolute Gasteiger partial charge is 0.248 e. The molecule has 24 heavy (non-hydrogen) atoms. The summed E-state index contributed by atoms with van der Waals surface area (Å²) in [5.74, 6) is 1.42. The van der Waals surface area contributed by atoms with Gasteiger partial charge in [-0.05, 0) is 67.6 Å². The van der Waals surface area contributed by atoms with E-state index >= 15 is 0 Å². The number of ketones is 1. The Morgan fingerprint density at radius 2 is 1.62 bits per heavy atom. The number of amides is 1. The van der Waals surface area contributed by atoms with Crippen LogP contribution in [0.1, 0.15) is 55.5 Å². The molecular formula is C20H23NO2S. The van der Waals surface area contributed by atoms with Crippen LogP contribution >= 0.6 is 11.8 Å². The SMILES string of the molecule is CC(=O)c1c(C)cc(C)c(CSCc2ccc(C(N)=O)cc2)c1C. The van der Waals surface area contributed by atoms with Crippen molar-refractivity contribution in [3.05, 3.63) is 69.3 Å². The highest BCUT2D eigenvalue weighted by atomic mass is 32.2. The number of carbonyl (C=O) groups is 2. The molecule has 0 fully saturated rings. The highest BCUT2D eigenvalue weighted by molar-refractivity contribution is 7.97. The van der Waals surface area contributed by atoms with E-state index in [1.54, 1.807) is 30.8 Å². The molecule has 0 aromatic heterocycles. The lowest BCUT2D eigenvalue weighted by Gasteiger charge is -2.15. The van der Waals surface area contributed by atoms with Crippen LogP contribution < -0.4 is 5.73 Å². The summed E-state index contributed by atoms with van der Waals surface area (Å²) in [7, 11) is 0. The van der Waals surface area contributed by atoms with Gasteiger partial charge in [-0.1, -0.05) is 18.2 Å². The molecule has 4 heteroatoms. The van der Waals surface area contributed by atoms with E-state index in [4.69, 9.17) is 5.73 Å². The summed E-state index contributed by atoms with van der Waals surface area (Å²) >= 11 is 1.80. The summed E-state index contributed by atoms with van der Waals surface area (Å²) < 4.78 is 0. The van der Waals surface area contributed by atoms with E-state index in [2.05, 4.69) is 13.0 Å². The van der Waals surface area contributed by atoms with E-state index in [1.807, 2.05) is 26.0 Å². The fourth-order valence-corrected chi connectivity index (χ4v) is 4.20. The predicted octanol–water partition coefficient (Wildman–Crippen LogP) is 4.35. The molecule has 3 nitrogen and oxygen atoms in total. The predicted molar refractivity (Wildman–Crippen MR) is 101 cm³/mol. The number of hydrogen-bond acceptors (Lipinski definition) is 3. The molecule has 0 aliphatic rings. The summed E-state index contributed by atoms with van der Waals surface area (Å²) in [6, 6.07) is 9.48. The number of Topliss-reactive ketones (excluding diaryl/α,β-unsaturated/α-hetero) is 1. The molecule has 2 aromatic rings. The average molecular weight is 341 g/mol. The van der Waals surface area contributed by atoms with E-state index in [1.165, 1.54) is 11.1 Å². The van der Waals surface area contributed by atoms with Gasteiger partial charge in [0.25, 0.3) is 0 Å². The Morgan fingerprint density at radius 3 is 2.17 bits per heavy atom. The highest BCUT2D eigenvalue weighted by Gasteiger charge is 2.14. The van der Waals surface area contributed by atoms with Gasteiger partial charge in [0.1, 0.15) is 0 Å². The second-order valence-electron chi connectivity index (χ2n) is 6.10. The Bertz CT molecular complexity index is 779. The van der Waals surface area contributed by atoms with Crippen LogP contribution in [0.15, 0.2) is 30.3 Å². The Morgan fingerprint density at radius 1 is 1.00 bits per heavy atom. The second-order valence-corrected chi connectivity index (χ2v) is 7.08. The maximum Gasteiger partial charge on any atom is 0.248 e. The van der Waals surface area contributed by atoms with Crippen molar-refractivity contribution in [2.75, 3.05) is 0 Å². The number of rotatable bonds is 6. The molecule has 0 unspecified atom stereocenters. The summed E-state index contributed by atoms with van der Waals surface area (Å²) in [6.07, 6.45) is 0. The first-order valence-electron chi connectivity index (χ1n) is 7.88. The minimum Gasteiger partial charge on any atom is -0.366 e. The lowest BCUT2D eigenvalue weighted by atomic mass is 9.92. The third kappa shape index (κ3) is 4.06. The van der Waals surface area contributed by atoms with Crippen molar-refractivity contribution in [1.82, 2.24) is 0 Å². The Kier molecular flexibility index (Phi) is 5.84. The zero-order valence-electron chi connectivity index (χ0n) is 14.6. The number of carbonyl (C=O) groups excluding carboxylic acids is 2. The number of benzene rings is 2. The summed E-state index contributed by atoms with van der Waals surface area (Å²) in [6.45, 7) is 7.76. The van der Waals surface area contributed by atoms with Crippen LogP contribution in [0.2, 0.25) is 0 Å². The Hall–Kier alpha value is -2.07. The molecule has 2 aromatic carbocycles. The lowest BCUT2D eigenvalue weighted by Crippen LogP contribution is -2.10. The van der Waals surface area contributed by atoms with Crippen LogP contribution in [0.5, 0.6) is 0 Å². The molecule has 0 aliphatic carbocycles. The third-order valence-electron chi connectivity index (χ3n) is 4.24. The molecule has 0 radical (unpaired) electrons. The van der Waals surface area contributed by atoms with Crippen molar-refractivity contribution < 1.29 is 9.59 Å². The van der Waals surface area contributed by atoms with Gasteiger partial charge in [-0.2, -0.15) is 11.8 Å². The fraction of sp³-hybridized carbons (Fsp3) is 0.300. The van der Waals surface area contributed by atoms with Gasteiger partial charge in [0, 0.05) is 22.6 Å². The topological polar surface area (TPSA) is 60.2 Å². The van der Waals surface area contributed by atoms with Crippen LogP contribution in [0.25, 0.3) is 0 Å². The monoisotopic (exact) mass is 341 g/mol. The first-order valence-corrected chi connectivity index (χ1v) is 9.03. The van der Waals surface area contributed by atoms with E-state index in [0.717, 1.165) is 33.8 Å². The maximum atomic E-state index is 11.9. The molecule has 0 heterocycles. The van der Waals surface area contributed by atoms with Crippen molar-refractivity contribution in [1.29, 1.82) is 0 Å². The zero-order chi connectivity index (χ0) is 17.9. The minimum atomic E-state index is -0.406. The standard InChI is InChI=1S/C20H23NO2S/c1-12-9-13(2)19(15(4)22)14(3)18(12)11-24-10-16-5-7-17(8-6-16)20(21)23/h5-9H,10-11H2,1-4H3,(H2,21,23). The number of aryl methyl sites for hydroxylation is 2. The van der Waals surface area contributed by atoms with E-state index in [-0.39, 0.29) is 5.78 Å². The quantitative estimate of drug-likeness (QED) is 0.795. The lowest BCUT2D eigenvalue weighted by molar-refractivity contribution is 0.0996. The molecule has 0 saturated heterocycles. The second kappa shape index (κ2) is 7.67. The third-order valence-corrected chi connectivity index (χ3v) is 5.27. The van der Waals surface area contributed by atoms with Gasteiger partial charge in [0.2, 0.25) is 5.91 Å². The summed E-state index contributed by atoms with van der Waals surface area (Å²) in [4.78, 5) is 23.0. The number of hydrogen-bond donors (Lipinski definition) is 1. The van der Waals surface area contributed by atoms with Crippen LogP contribution in [-0.2, 0) is 11.5 Å². The van der Waals surface area contributed by atoms with Gasteiger partial charge >= 0.3 is 0 Å². The van der Waals surface area contributed by atoms with Crippen LogP contribution in [-0.4, -0.2) is 11.7 Å². The van der Waals surface area contributed by atoms with Gasteiger partial charge < -0.3 is 5.73 Å². The van der Waals surface area contributed by atoms with Gasteiger partial charge in [-0.25, -0.2) is 0 Å². The van der Waals surface area contributed by atoms with Crippen molar-refractivity contribution in [3.8, 4) is 0 Å². The van der Waals surface area contributed by atoms with E-state index in [9.17, 15) is 9.59 Å². The first kappa shape index (κ1) is 18.3. The molecule has 126 valence electrons. The molecule has 2 rings (SSSR count). The van der Waals surface area contributed by atoms with Gasteiger partial charge in [-0.3, -0.25) is 9.59 Å². The molecule has 0 aliphatic heterocycles. The molecule has 1 amide bonds. The largest absolute Gasteiger partial charge is 0.366 e. The minimum absolute atomic E-state index is 0.123. The fourth-order valence-electron chi connectivity index (χ4n) is 3.03. The van der Waals surface area contributed by atoms with Crippen LogP contribution in [0.4, 0.5) is 0 Å². The van der Waals surface area contributed by atoms with Crippen molar-refractivity contribution in [2.24, 2.45) is 5.73 Å². The van der Waals surface area contributed by atoms with Gasteiger partial charge in [-0.15, -0.1) is 0 Å². The Balaban J connectivity index is 2.11. The number of primary amides is 1. The molecule has 0 saturated carbocycles. The average Bonchev–Trinajstić information content (AvgIpc) is 2.50. The number of nitrogens with two attached hydrogens (primary N) is 1. The van der Waals surface area contributed by atoms with Crippen LogP contribution in [0.3, 0.4) is 0 Å². The first-order chi connectivity index (χ1) is 11.3. The maximum absolute atomic E-state index is 11.9. The number of thioether (sulfide) groups is 1. The molecule has 0 atom stereocenters. The zero-order valence-corrected chi connectivity index (χ0v) is 15.4. The molecular weight excluding hydrogens is 318 g/mol. The van der Waals surface area contributed by atoms with Crippen LogP contribution in [0, 0.1) is 20.8 Å². The molecule has 2 N–H and O–H groups in total. The van der Waals surface area contributed by atoms with Crippen molar-refractivity contribution in [3.63, 3.8) is 0 Å². The highest BCUT2D eigenvalue weighted by Crippen LogP contribution is 2.27. The normalized spacial score (nSPS) is 10.7. The Labute approximate surface area is 147 Å². The van der Waals surface area contributed by atoms with E-state index < -0.39 is 5.91 Å². The summed E-state index contributed by atoms with van der Waals surface area (Å²) in [5, 5.41) is 0.